The van der Waals surface area contributed by atoms with Crippen LogP contribution in [-0.2, 0) is 19.1 Å². The average molecular weight is 357 g/mol. The van der Waals surface area contributed by atoms with E-state index >= 15 is 0 Å². The highest BCUT2D eigenvalue weighted by molar-refractivity contribution is 8.00. The van der Waals surface area contributed by atoms with Crippen LogP contribution in [0.15, 0.2) is 24.3 Å². The van der Waals surface area contributed by atoms with Crippen molar-refractivity contribution in [3.63, 3.8) is 0 Å². The van der Waals surface area contributed by atoms with Gasteiger partial charge < -0.3 is 15.4 Å². The van der Waals surface area contributed by atoms with Crippen molar-refractivity contribution in [3.05, 3.63) is 29.3 Å². The maximum absolute atomic E-state index is 12.0. The van der Waals surface area contributed by atoms with Crippen molar-refractivity contribution in [3.8, 4) is 0 Å². The summed E-state index contributed by atoms with van der Waals surface area (Å²) in [6.45, 7) is 1.97. The molecule has 1 aromatic rings. The number of rotatable bonds is 5. The SMILES string of the molecule is CCOC(=O)[C@@H]1CS[C@H](CC(=O)Nc2cccc(Cl)c2)C(=O)N1. The highest BCUT2D eigenvalue weighted by atomic mass is 35.5. The van der Waals surface area contributed by atoms with Crippen molar-refractivity contribution in [2.75, 3.05) is 17.7 Å². The molecule has 0 bridgehead atoms. The number of carbonyl (C=O) groups is 3. The summed E-state index contributed by atoms with van der Waals surface area (Å²) < 4.78 is 4.88. The molecule has 8 heteroatoms. The topological polar surface area (TPSA) is 84.5 Å². The van der Waals surface area contributed by atoms with Gasteiger partial charge in [0, 0.05) is 22.9 Å². The van der Waals surface area contributed by atoms with E-state index in [1.54, 1.807) is 31.2 Å². The van der Waals surface area contributed by atoms with Crippen molar-refractivity contribution in [2.24, 2.45) is 0 Å². The predicted molar refractivity (Wildman–Crippen MR) is 89.5 cm³/mol. The first-order valence-corrected chi connectivity index (χ1v) is 8.56. The van der Waals surface area contributed by atoms with Crippen molar-refractivity contribution in [1.29, 1.82) is 0 Å². The lowest BCUT2D eigenvalue weighted by Crippen LogP contribution is -2.51. The first-order valence-electron chi connectivity index (χ1n) is 7.13. The summed E-state index contributed by atoms with van der Waals surface area (Å²) in [6.07, 6.45) is 0.0263. The minimum atomic E-state index is -0.653. The molecule has 1 fully saturated rings. The van der Waals surface area contributed by atoms with Crippen molar-refractivity contribution in [2.45, 2.75) is 24.6 Å². The Morgan fingerprint density at radius 2 is 2.26 bits per heavy atom. The van der Waals surface area contributed by atoms with Gasteiger partial charge in [-0.05, 0) is 25.1 Å². The van der Waals surface area contributed by atoms with Crippen LogP contribution in [0.4, 0.5) is 5.69 Å². The lowest BCUT2D eigenvalue weighted by atomic mass is 10.2. The molecule has 1 aliphatic heterocycles. The molecule has 1 heterocycles. The summed E-state index contributed by atoms with van der Waals surface area (Å²) >= 11 is 7.13. The number of benzene rings is 1. The number of hydrogen-bond acceptors (Lipinski definition) is 5. The van der Waals surface area contributed by atoms with Gasteiger partial charge in [0.1, 0.15) is 6.04 Å². The molecule has 1 aromatic carbocycles. The van der Waals surface area contributed by atoms with E-state index in [4.69, 9.17) is 16.3 Å². The fourth-order valence-corrected chi connectivity index (χ4v) is 3.39. The molecule has 2 rings (SSSR count). The summed E-state index contributed by atoms with van der Waals surface area (Å²) in [6, 6.07) is 6.12. The number of carbonyl (C=O) groups excluding carboxylic acids is 3. The third-order valence-electron chi connectivity index (χ3n) is 3.12. The number of nitrogens with one attached hydrogen (secondary N) is 2. The highest BCUT2D eigenvalue weighted by Gasteiger charge is 2.34. The minimum absolute atomic E-state index is 0.0263. The number of esters is 1. The van der Waals surface area contributed by atoms with Gasteiger partial charge in [0.05, 0.1) is 11.9 Å². The number of amides is 2. The molecule has 2 amide bonds. The molecule has 0 aliphatic carbocycles. The molecule has 2 atom stereocenters. The second-order valence-corrected chi connectivity index (χ2v) is 6.57. The van der Waals surface area contributed by atoms with Gasteiger partial charge in [0.2, 0.25) is 11.8 Å². The van der Waals surface area contributed by atoms with Crippen LogP contribution >= 0.6 is 23.4 Å². The van der Waals surface area contributed by atoms with Crippen LogP contribution in [0, 0.1) is 0 Å². The molecule has 0 aromatic heterocycles. The van der Waals surface area contributed by atoms with Crippen LogP contribution in [0.1, 0.15) is 13.3 Å². The van der Waals surface area contributed by atoms with E-state index in [1.807, 2.05) is 0 Å². The molecule has 124 valence electrons. The molecule has 6 nitrogen and oxygen atoms in total. The lowest BCUT2D eigenvalue weighted by Gasteiger charge is -2.27. The fourth-order valence-electron chi connectivity index (χ4n) is 2.06. The second-order valence-electron chi connectivity index (χ2n) is 4.90. The second kappa shape index (κ2) is 8.21. The van der Waals surface area contributed by atoms with Crippen LogP contribution in [0.5, 0.6) is 0 Å². The molecular weight excluding hydrogens is 340 g/mol. The van der Waals surface area contributed by atoms with E-state index in [0.717, 1.165) is 0 Å². The Balaban J connectivity index is 1.85. The third kappa shape index (κ3) is 5.14. The number of thioether (sulfide) groups is 1. The monoisotopic (exact) mass is 356 g/mol. The molecule has 0 radical (unpaired) electrons. The van der Waals surface area contributed by atoms with E-state index in [9.17, 15) is 14.4 Å². The van der Waals surface area contributed by atoms with Crippen molar-refractivity contribution in [1.82, 2.24) is 5.32 Å². The van der Waals surface area contributed by atoms with Gasteiger partial charge in [-0.3, -0.25) is 9.59 Å². The summed E-state index contributed by atoms with van der Waals surface area (Å²) in [5.41, 5.74) is 0.577. The molecule has 1 saturated heterocycles. The number of ether oxygens (including phenoxy) is 1. The minimum Gasteiger partial charge on any atom is -0.464 e. The maximum atomic E-state index is 12.0. The van der Waals surface area contributed by atoms with Crippen LogP contribution in [0.3, 0.4) is 0 Å². The largest absolute Gasteiger partial charge is 0.464 e. The van der Waals surface area contributed by atoms with Gasteiger partial charge >= 0.3 is 5.97 Å². The first kappa shape index (κ1) is 17.6. The van der Waals surface area contributed by atoms with E-state index in [1.165, 1.54) is 11.8 Å². The van der Waals surface area contributed by atoms with Crippen molar-refractivity contribution < 1.29 is 19.1 Å². The van der Waals surface area contributed by atoms with E-state index in [2.05, 4.69) is 10.6 Å². The zero-order valence-corrected chi connectivity index (χ0v) is 14.1. The van der Waals surface area contributed by atoms with Gasteiger partial charge in [0.15, 0.2) is 0 Å². The zero-order chi connectivity index (χ0) is 16.8. The van der Waals surface area contributed by atoms with Gasteiger partial charge in [-0.1, -0.05) is 17.7 Å². The third-order valence-corrected chi connectivity index (χ3v) is 4.67. The molecule has 0 spiro atoms. The summed E-state index contributed by atoms with van der Waals surface area (Å²) in [5.74, 6) is -0.676. The smallest absolute Gasteiger partial charge is 0.329 e. The number of hydrogen-bond donors (Lipinski definition) is 2. The molecular formula is C15H17ClN2O4S. The van der Waals surface area contributed by atoms with Gasteiger partial charge in [0.25, 0.3) is 0 Å². The Bertz CT molecular complexity index is 611. The normalized spacial score (nSPS) is 20.5. The molecule has 2 N–H and O–H groups in total. The molecule has 1 aliphatic rings. The summed E-state index contributed by atoms with van der Waals surface area (Å²) in [4.78, 5) is 35.6. The van der Waals surface area contributed by atoms with Gasteiger partial charge in [-0.25, -0.2) is 4.79 Å². The zero-order valence-electron chi connectivity index (χ0n) is 12.5. The van der Waals surface area contributed by atoms with E-state index in [-0.39, 0.29) is 24.8 Å². The number of anilines is 1. The summed E-state index contributed by atoms with van der Waals surface area (Å²) in [7, 11) is 0. The van der Waals surface area contributed by atoms with Crippen LogP contribution in [0.2, 0.25) is 5.02 Å². The molecule has 0 saturated carbocycles. The Kier molecular flexibility index (Phi) is 6.29. The van der Waals surface area contributed by atoms with E-state index < -0.39 is 17.3 Å². The Labute approximate surface area is 143 Å². The van der Waals surface area contributed by atoms with Crippen LogP contribution in [-0.4, -0.2) is 41.4 Å². The van der Waals surface area contributed by atoms with E-state index in [0.29, 0.717) is 16.5 Å². The van der Waals surface area contributed by atoms with Gasteiger partial charge in [-0.15, -0.1) is 11.8 Å². The molecule has 23 heavy (non-hydrogen) atoms. The average Bonchev–Trinajstić information content (AvgIpc) is 2.49. The maximum Gasteiger partial charge on any atom is 0.329 e. The predicted octanol–water partition coefficient (Wildman–Crippen LogP) is 1.83. The standard InChI is InChI=1S/C15H17ClN2O4S/c1-2-22-15(21)11-8-23-12(14(20)18-11)7-13(19)17-10-5-3-4-9(16)6-10/h3-6,11-12H,2,7-8H2,1H3,(H,17,19)(H,18,20)/t11-,12+/m0/s1. The molecule has 0 unspecified atom stereocenters. The van der Waals surface area contributed by atoms with Crippen molar-refractivity contribution >= 4 is 46.8 Å². The first-order chi connectivity index (χ1) is 11.0. The number of halogens is 1. The van der Waals surface area contributed by atoms with Crippen LogP contribution < -0.4 is 10.6 Å². The highest BCUT2D eigenvalue weighted by Crippen LogP contribution is 2.22. The Morgan fingerprint density at radius 3 is 2.91 bits per heavy atom. The Hall–Kier alpha value is -1.73. The fraction of sp³-hybridized carbons (Fsp3) is 0.400. The van der Waals surface area contributed by atoms with Gasteiger partial charge in [-0.2, -0.15) is 0 Å². The summed E-state index contributed by atoms with van der Waals surface area (Å²) in [5, 5.41) is 5.28. The van der Waals surface area contributed by atoms with Crippen LogP contribution in [0.25, 0.3) is 0 Å². The quantitative estimate of drug-likeness (QED) is 0.786. The lowest BCUT2D eigenvalue weighted by molar-refractivity contribution is -0.146. The Morgan fingerprint density at radius 1 is 1.48 bits per heavy atom.